The second kappa shape index (κ2) is 7.38. The van der Waals surface area contributed by atoms with Crippen molar-refractivity contribution in [2.45, 2.75) is 11.8 Å². The van der Waals surface area contributed by atoms with Gasteiger partial charge in [-0.1, -0.05) is 0 Å². The van der Waals surface area contributed by atoms with E-state index in [1.807, 2.05) is 6.92 Å². The Morgan fingerprint density at radius 2 is 1.95 bits per heavy atom. The van der Waals surface area contributed by atoms with E-state index in [1.165, 1.54) is 24.3 Å². The predicted octanol–water partition coefficient (Wildman–Crippen LogP) is 1.34. The summed E-state index contributed by atoms with van der Waals surface area (Å²) in [5, 5.41) is 0. The Balaban J connectivity index is 2.07. The molecule has 0 unspecified atom stereocenters. The van der Waals surface area contributed by atoms with Crippen molar-refractivity contribution < 1.29 is 17.9 Å². The smallest absolute Gasteiger partial charge is 0.271 e. The molecule has 1 heterocycles. The molecule has 1 aromatic carbocycles. The molecule has 2 rings (SSSR count). The molecule has 3 N–H and O–H groups in total. The summed E-state index contributed by atoms with van der Waals surface area (Å²) in [6.45, 7) is 3.10. The summed E-state index contributed by atoms with van der Waals surface area (Å²) in [5.74, 6) is 0.182. The minimum atomic E-state index is -3.77. The molecule has 0 radical (unpaired) electrons. The predicted molar refractivity (Wildman–Crippen MR) is 83.6 cm³/mol. The lowest BCUT2D eigenvalue weighted by Gasteiger charge is -2.08. The number of nitrogen functional groups attached to an aromatic ring is 1. The van der Waals surface area contributed by atoms with Crippen LogP contribution in [0, 0.1) is 0 Å². The quantitative estimate of drug-likeness (QED) is 0.548. The van der Waals surface area contributed by atoms with Crippen molar-refractivity contribution in [2.75, 3.05) is 30.3 Å². The van der Waals surface area contributed by atoms with E-state index in [2.05, 4.69) is 13.5 Å². The molecule has 0 aliphatic heterocycles. The van der Waals surface area contributed by atoms with E-state index in [0.29, 0.717) is 18.9 Å². The molecule has 0 bridgehead atoms. The third-order valence-electron chi connectivity index (χ3n) is 2.55. The zero-order valence-electron chi connectivity index (χ0n) is 11.9. The van der Waals surface area contributed by atoms with Gasteiger partial charge in [-0.15, -0.1) is 4.37 Å². The highest BCUT2D eigenvalue weighted by Gasteiger charge is 2.19. The number of nitrogens with two attached hydrogens (primary N) is 1. The van der Waals surface area contributed by atoms with Crippen molar-refractivity contribution in [1.29, 1.82) is 0 Å². The number of sulfonamides is 1. The average molecular weight is 344 g/mol. The maximum absolute atomic E-state index is 12.2. The molecule has 10 heteroatoms. The zero-order valence-corrected chi connectivity index (χ0v) is 13.5. The summed E-state index contributed by atoms with van der Waals surface area (Å²) in [4.78, 5) is 0.0787. The number of nitrogens with one attached hydrogen (secondary N) is 1. The molecule has 2 aromatic rings. The second-order valence-corrected chi connectivity index (χ2v) is 6.35. The van der Waals surface area contributed by atoms with Crippen molar-refractivity contribution in [3.05, 3.63) is 24.3 Å². The van der Waals surface area contributed by atoms with Crippen molar-refractivity contribution in [1.82, 2.24) is 8.75 Å². The van der Waals surface area contributed by atoms with Crippen LogP contribution in [0.5, 0.6) is 5.88 Å². The average Bonchev–Trinajstić information content (AvgIpc) is 2.90. The van der Waals surface area contributed by atoms with Gasteiger partial charge in [0, 0.05) is 12.3 Å². The highest BCUT2D eigenvalue weighted by atomic mass is 32.2. The van der Waals surface area contributed by atoms with Gasteiger partial charge in [0.25, 0.3) is 15.9 Å². The Morgan fingerprint density at radius 1 is 1.23 bits per heavy atom. The molecule has 0 fully saturated rings. The monoisotopic (exact) mass is 344 g/mol. The number of rotatable bonds is 8. The fourth-order valence-electron chi connectivity index (χ4n) is 1.51. The molecule has 8 nitrogen and oxygen atoms in total. The molecule has 0 saturated heterocycles. The molecule has 0 spiro atoms. The summed E-state index contributed by atoms with van der Waals surface area (Å²) < 4.78 is 45.1. The Hall–Kier alpha value is -1.91. The van der Waals surface area contributed by atoms with E-state index in [9.17, 15) is 8.42 Å². The van der Waals surface area contributed by atoms with Crippen LogP contribution in [-0.4, -0.2) is 37.0 Å². The standard InChI is InChI=1S/C12H16N4O4S2/c1-2-19-7-8-20-12-11(14-21-15-12)16-22(17,18)10-5-3-9(13)4-6-10/h3-6H,2,7-8,13H2,1H3,(H,14,16). The number of ether oxygens (including phenoxy) is 2. The van der Waals surface area contributed by atoms with Crippen LogP contribution in [0.1, 0.15) is 6.92 Å². The van der Waals surface area contributed by atoms with Crippen LogP contribution >= 0.6 is 11.7 Å². The number of aromatic nitrogens is 2. The number of anilines is 2. The van der Waals surface area contributed by atoms with Crippen molar-refractivity contribution in [3.8, 4) is 5.88 Å². The van der Waals surface area contributed by atoms with E-state index in [4.69, 9.17) is 15.2 Å². The maximum Gasteiger partial charge on any atom is 0.271 e. The van der Waals surface area contributed by atoms with Gasteiger partial charge < -0.3 is 15.2 Å². The molecule has 0 amide bonds. The van der Waals surface area contributed by atoms with Gasteiger partial charge in [-0.3, -0.25) is 4.72 Å². The van der Waals surface area contributed by atoms with Gasteiger partial charge >= 0.3 is 0 Å². The van der Waals surface area contributed by atoms with E-state index in [-0.39, 0.29) is 23.2 Å². The van der Waals surface area contributed by atoms with Crippen LogP contribution in [0.4, 0.5) is 11.5 Å². The van der Waals surface area contributed by atoms with Gasteiger partial charge in [0.1, 0.15) is 6.61 Å². The van der Waals surface area contributed by atoms with Crippen LogP contribution in [0.2, 0.25) is 0 Å². The van der Waals surface area contributed by atoms with Crippen LogP contribution in [0.15, 0.2) is 29.2 Å². The molecule has 0 aliphatic rings. The van der Waals surface area contributed by atoms with Crippen molar-refractivity contribution >= 4 is 33.3 Å². The third kappa shape index (κ3) is 4.29. The topological polar surface area (TPSA) is 116 Å². The first-order valence-corrected chi connectivity index (χ1v) is 8.65. The number of benzene rings is 1. The first-order chi connectivity index (χ1) is 10.5. The van der Waals surface area contributed by atoms with Gasteiger partial charge in [0.15, 0.2) is 0 Å². The minimum absolute atomic E-state index is 0.0540. The molecule has 22 heavy (non-hydrogen) atoms. The Morgan fingerprint density at radius 3 is 2.64 bits per heavy atom. The SMILES string of the molecule is CCOCCOc1nsnc1NS(=O)(=O)c1ccc(N)cc1. The van der Waals surface area contributed by atoms with Crippen LogP contribution in [-0.2, 0) is 14.8 Å². The summed E-state index contributed by atoms with van der Waals surface area (Å²) in [5.41, 5.74) is 6.02. The molecule has 120 valence electrons. The Kier molecular flexibility index (Phi) is 5.52. The first-order valence-electron chi connectivity index (χ1n) is 6.44. The minimum Gasteiger partial charge on any atom is -0.472 e. The second-order valence-electron chi connectivity index (χ2n) is 4.14. The molecule has 0 saturated carbocycles. The summed E-state index contributed by atoms with van der Waals surface area (Å²) in [7, 11) is -3.77. The van der Waals surface area contributed by atoms with Gasteiger partial charge in [0.05, 0.1) is 23.2 Å². The van der Waals surface area contributed by atoms with E-state index >= 15 is 0 Å². The Labute approximate surface area is 132 Å². The third-order valence-corrected chi connectivity index (χ3v) is 4.42. The lowest BCUT2D eigenvalue weighted by atomic mass is 10.3. The van der Waals surface area contributed by atoms with Crippen molar-refractivity contribution in [3.63, 3.8) is 0 Å². The number of hydrogen-bond acceptors (Lipinski definition) is 8. The summed E-state index contributed by atoms with van der Waals surface area (Å²) >= 11 is 0.856. The summed E-state index contributed by atoms with van der Waals surface area (Å²) in [6.07, 6.45) is 0. The largest absolute Gasteiger partial charge is 0.472 e. The van der Waals surface area contributed by atoms with E-state index in [1.54, 1.807) is 0 Å². The highest BCUT2D eigenvalue weighted by molar-refractivity contribution is 7.92. The normalized spacial score (nSPS) is 11.3. The Bertz CT molecular complexity index is 700. The number of hydrogen-bond donors (Lipinski definition) is 2. The van der Waals surface area contributed by atoms with Crippen molar-refractivity contribution in [2.24, 2.45) is 0 Å². The maximum atomic E-state index is 12.2. The fraction of sp³-hybridized carbons (Fsp3) is 0.333. The molecule has 0 aliphatic carbocycles. The lowest BCUT2D eigenvalue weighted by Crippen LogP contribution is -2.15. The van der Waals surface area contributed by atoms with Gasteiger partial charge in [0.2, 0.25) is 5.82 Å². The lowest BCUT2D eigenvalue weighted by molar-refractivity contribution is 0.109. The summed E-state index contributed by atoms with van der Waals surface area (Å²) in [6, 6.07) is 5.83. The molecular weight excluding hydrogens is 328 g/mol. The molecule has 1 aromatic heterocycles. The van der Waals surface area contributed by atoms with E-state index in [0.717, 1.165) is 11.7 Å². The molecular formula is C12H16N4O4S2. The zero-order chi connectivity index (χ0) is 16.0. The van der Waals surface area contributed by atoms with E-state index < -0.39 is 10.0 Å². The van der Waals surface area contributed by atoms with Gasteiger partial charge in [-0.25, -0.2) is 8.42 Å². The number of nitrogens with zero attached hydrogens (tertiary/aromatic N) is 2. The fourth-order valence-corrected chi connectivity index (χ4v) is 3.03. The van der Waals surface area contributed by atoms with Gasteiger partial charge in [-0.05, 0) is 31.2 Å². The highest BCUT2D eigenvalue weighted by Crippen LogP contribution is 2.24. The van der Waals surface area contributed by atoms with Gasteiger partial charge in [-0.2, -0.15) is 4.37 Å². The first kappa shape index (κ1) is 16.5. The van der Waals surface area contributed by atoms with Crippen LogP contribution in [0.25, 0.3) is 0 Å². The van der Waals surface area contributed by atoms with Crippen LogP contribution < -0.4 is 15.2 Å². The molecule has 0 atom stereocenters. The van der Waals surface area contributed by atoms with Crippen LogP contribution in [0.3, 0.4) is 0 Å².